The van der Waals surface area contributed by atoms with Crippen LogP contribution < -0.4 is 4.74 Å². The van der Waals surface area contributed by atoms with E-state index in [1.54, 1.807) is 6.20 Å². The van der Waals surface area contributed by atoms with Gasteiger partial charge in [0.2, 0.25) is 11.8 Å². The summed E-state index contributed by atoms with van der Waals surface area (Å²) in [5.74, 6) is 0.830. The second kappa shape index (κ2) is 6.70. The molecule has 0 aliphatic carbocycles. The van der Waals surface area contributed by atoms with Crippen molar-refractivity contribution in [3.8, 4) is 5.88 Å². The number of nitrogens with zero attached hydrogens (tertiary/aromatic N) is 3. The fraction of sp³-hybridized carbons (Fsp3) is 0.600. The maximum atomic E-state index is 12.4. The van der Waals surface area contributed by atoms with E-state index >= 15 is 0 Å². The standard InChI is InChI=1S/C15H23N3O2/c1-4-13(17(2)3)15(19)18-10-8-12(11-18)20-14-7-5-6-9-16-14/h5-7,9,12-13H,4,8,10-11H2,1-3H3/t12-,13-/m0/s1. The number of aromatic nitrogens is 1. The van der Waals surface area contributed by atoms with Gasteiger partial charge in [-0.3, -0.25) is 9.69 Å². The molecule has 0 N–H and O–H groups in total. The molecule has 2 rings (SSSR count). The summed E-state index contributed by atoms with van der Waals surface area (Å²) in [5, 5.41) is 0. The second-order valence-electron chi connectivity index (χ2n) is 5.37. The first-order chi connectivity index (χ1) is 9.61. The molecule has 110 valence electrons. The largest absolute Gasteiger partial charge is 0.472 e. The Morgan fingerprint density at radius 2 is 2.35 bits per heavy atom. The van der Waals surface area contributed by atoms with Gasteiger partial charge in [0.25, 0.3) is 0 Å². The summed E-state index contributed by atoms with van der Waals surface area (Å²) in [4.78, 5) is 20.5. The molecule has 1 amide bonds. The summed E-state index contributed by atoms with van der Waals surface area (Å²) in [6.07, 6.45) is 3.46. The molecular weight excluding hydrogens is 254 g/mol. The van der Waals surface area contributed by atoms with Gasteiger partial charge in [0.15, 0.2) is 0 Å². The smallest absolute Gasteiger partial charge is 0.240 e. The van der Waals surface area contributed by atoms with Crippen LogP contribution in [0, 0.1) is 0 Å². The Morgan fingerprint density at radius 1 is 1.55 bits per heavy atom. The molecule has 1 aliphatic rings. The predicted molar refractivity (Wildman–Crippen MR) is 77.6 cm³/mol. The SMILES string of the molecule is CC[C@@H](C(=O)N1CC[C@H](Oc2ccccn2)C1)N(C)C. The first-order valence-corrected chi connectivity index (χ1v) is 7.14. The Morgan fingerprint density at radius 3 is 2.95 bits per heavy atom. The number of likely N-dealkylation sites (N-methyl/N-ethyl adjacent to an activating group) is 1. The highest BCUT2D eigenvalue weighted by Crippen LogP contribution is 2.18. The maximum absolute atomic E-state index is 12.4. The Labute approximate surface area is 120 Å². The predicted octanol–water partition coefficient (Wildman–Crippen LogP) is 1.40. The molecule has 0 aromatic carbocycles. The van der Waals surface area contributed by atoms with Crippen molar-refractivity contribution in [1.82, 2.24) is 14.8 Å². The quantitative estimate of drug-likeness (QED) is 0.816. The van der Waals surface area contributed by atoms with E-state index in [9.17, 15) is 4.79 Å². The highest BCUT2D eigenvalue weighted by Gasteiger charge is 2.32. The van der Waals surface area contributed by atoms with Crippen LogP contribution in [-0.2, 0) is 4.79 Å². The molecule has 0 saturated carbocycles. The number of hydrogen-bond donors (Lipinski definition) is 0. The van der Waals surface area contributed by atoms with Gasteiger partial charge in [0, 0.05) is 25.2 Å². The fourth-order valence-corrected chi connectivity index (χ4v) is 2.58. The van der Waals surface area contributed by atoms with Gasteiger partial charge in [-0.05, 0) is 26.6 Å². The zero-order chi connectivity index (χ0) is 14.5. The topological polar surface area (TPSA) is 45.7 Å². The third kappa shape index (κ3) is 3.48. The summed E-state index contributed by atoms with van der Waals surface area (Å²) >= 11 is 0. The summed E-state index contributed by atoms with van der Waals surface area (Å²) < 4.78 is 5.81. The van der Waals surface area contributed by atoms with Gasteiger partial charge in [-0.15, -0.1) is 0 Å². The van der Waals surface area contributed by atoms with E-state index in [0.717, 1.165) is 19.4 Å². The van der Waals surface area contributed by atoms with Gasteiger partial charge in [0.05, 0.1) is 12.6 Å². The molecule has 2 heterocycles. The highest BCUT2D eigenvalue weighted by atomic mass is 16.5. The molecule has 1 aliphatic heterocycles. The number of carbonyl (C=O) groups is 1. The minimum Gasteiger partial charge on any atom is -0.472 e. The number of likely N-dealkylation sites (tertiary alicyclic amines) is 1. The highest BCUT2D eigenvalue weighted by molar-refractivity contribution is 5.82. The average molecular weight is 277 g/mol. The summed E-state index contributed by atoms with van der Waals surface area (Å²) in [6.45, 7) is 3.46. The first kappa shape index (κ1) is 14.8. The number of carbonyl (C=O) groups excluding carboxylic acids is 1. The van der Waals surface area contributed by atoms with E-state index in [-0.39, 0.29) is 18.1 Å². The van der Waals surface area contributed by atoms with Crippen LogP contribution in [0.4, 0.5) is 0 Å². The number of rotatable bonds is 5. The summed E-state index contributed by atoms with van der Waals surface area (Å²) in [7, 11) is 3.90. The average Bonchev–Trinajstić information content (AvgIpc) is 2.88. The van der Waals surface area contributed by atoms with Crippen LogP contribution in [0.15, 0.2) is 24.4 Å². The number of ether oxygens (including phenoxy) is 1. The van der Waals surface area contributed by atoms with Crippen molar-refractivity contribution in [2.75, 3.05) is 27.2 Å². The molecule has 0 bridgehead atoms. The van der Waals surface area contributed by atoms with Crippen molar-refractivity contribution in [3.63, 3.8) is 0 Å². The summed E-state index contributed by atoms with van der Waals surface area (Å²) in [6, 6.07) is 5.57. The first-order valence-electron chi connectivity index (χ1n) is 7.14. The molecule has 0 spiro atoms. The molecular formula is C15H23N3O2. The van der Waals surface area contributed by atoms with E-state index in [1.807, 2.05) is 49.0 Å². The van der Waals surface area contributed by atoms with Crippen LogP contribution in [0.25, 0.3) is 0 Å². The number of pyridine rings is 1. The fourth-order valence-electron chi connectivity index (χ4n) is 2.58. The third-order valence-electron chi connectivity index (χ3n) is 3.68. The summed E-state index contributed by atoms with van der Waals surface area (Å²) in [5.41, 5.74) is 0. The van der Waals surface area contributed by atoms with Crippen molar-refractivity contribution in [3.05, 3.63) is 24.4 Å². The lowest BCUT2D eigenvalue weighted by Crippen LogP contribution is -2.45. The van der Waals surface area contributed by atoms with E-state index in [4.69, 9.17) is 4.74 Å². The molecule has 20 heavy (non-hydrogen) atoms. The van der Waals surface area contributed by atoms with Gasteiger partial charge in [0.1, 0.15) is 6.10 Å². The molecule has 0 radical (unpaired) electrons. The van der Waals surface area contributed by atoms with Crippen molar-refractivity contribution in [2.45, 2.75) is 31.9 Å². The Kier molecular flexibility index (Phi) is 4.95. The van der Waals surface area contributed by atoms with Gasteiger partial charge < -0.3 is 9.64 Å². The Balaban J connectivity index is 1.90. The molecule has 1 aromatic rings. The molecule has 5 heteroatoms. The van der Waals surface area contributed by atoms with E-state index in [2.05, 4.69) is 4.98 Å². The Bertz CT molecular complexity index is 436. The Hall–Kier alpha value is -1.62. The van der Waals surface area contributed by atoms with Crippen LogP contribution in [0.3, 0.4) is 0 Å². The molecule has 5 nitrogen and oxygen atoms in total. The minimum atomic E-state index is -0.0383. The van der Waals surface area contributed by atoms with Gasteiger partial charge in [-0.1, -0.05) is 13.0 Å². The van der Waals surface area contributed by atoms with Crippen LogP contribution in [0.5, 0.6) is 5.88 Å². The van der Waals surface area contributed by atoms with Crippen molar-refractivity contribution in [2.24, 2.45) is 0 Å². The zero-order valence-corrected chi connectivity index (χ0v) is 12.5. The maximum Gasteiger partial charge on any atom is 0.240 e. The lowest BCUT2D eigenvalue weighted by Gasteiger charge is -2.27. The number of hydrogen-bond acceptors (Lipinski definition) is 4. The van der Waals surface area contributed by atoms with Crippen LogP contribution >= 0.6 is 0 Å². The van der Waals surface area contributed by atoms with Crippen LogP contribution in [-0.4, -0.2) is 60.0 Å². The second-order valence-corrected chi connectivity index (χ2v) is 5.37. The molecule has 2 atom stereocenters. The number of amides is 1. The lowest BCUT2D eigenvalue weighted by atomic mass is 10.2. The molecule has 1 aromatic heterocycles. The normalized spacial score (nSPS) is 20.2. The molecule has 0 unspecified atom stereocenters. The van der Waals surface area contributed by atoms with E-state index in [0.29, 0.717) is 12.4 Å². The third-order valence-corrected chi connectivity index (χ3v) is 3.68. The van der Waals surface area contributed by atoms with Crippen molar-refractivity contribution < 1.29 is 9.53 Å². The minimum absolute atomic E-state index is 0.0383. The van der Waals surface area contributed by atoms with Crippen LogP contribution in [0.1, 0.15) is 19.8 Å². The van der Waals surface area contributed by atoms with Crippen molar-refractivity contribution >= 4 is 5.91 Å². The van der Waals surface area contributed by atoms with Gasteiger partial charge in [-0.2, -0.15) is 0 Å². The van der Waals surface area contributed by atoms with E-state index in [1.165, 1.54) is 0 Å². The van der Waals surface area contributed by atoms with Gasteiger partial charge >= 0.3 is 0 Å². The van der Waals surface area contributed by atoms with Gasteiger partial charge in [-0.25, -0.2) is 4.98 Å². The molecule has 1 saturated heterocycles. The monoisotopic (exact) mass is 277 g/mol. The van der Waals surface area contributed by atoms with Crippen molar-refractivity contribution in [1.29, 1.82) is 0 Å². The zero-order valence-electron chi connectivity index (χ0n) is 12.5. The van der Waals surface area contributed by atoms with E-state index < -0.39 is 0 Å². The van der Waals surface area contributed by atoms with Crippen LogP contribution in [0.2, 0.25) is 0 Å². The molecule has 1 fully saturated rings. The lowest BCUT2D eigenvalue weighted by molar-refractivity contribution is -0.135.